The number of rotatable bonds is 5. The van der Waals surface area contributed by atoms with E-state index in [1.165, 1.54) is 82.2 Å². The van der Waals surface area contributed by atoms with E-state index in [9.17, 15) is 0 Å². The van der Waals surface area contributed by atoms with Crippen LogP contribution >= 0.6 is 0 Å². The summed E-state index contributed by atoms with van der Waals surface area (Å²) in [4.78, 5) is 0. The molecule has 2 heterocycles. The molecule has 2 aromatic heterocycles. The Morgan fingerprint density at radius 3 is 1.82 bits per heavy atom. The monoisotopic (exact) mass is 650 g/mol. The van der Waals surface area contributed by atoms with Gasteiger partial charge in [-0.25, -0.2) is 0 Å². The van der Waals surface area contributed by atoms with E-state index >= 15 is 0 Å². The Morgan fingerprint density at radius 2 is 1.06 bits per heavy atom. The van der Waals surface area contributed by atoms with Gasteiger partial charge in [0.2, 0.25) is 0 Å². The summed E-state index contributed by atoms with van der Waals surface area (Å²) in [6.07, 6.45) is 2.05. The number of fused-ring (bicyclic) bond motifs is 6. The van der Waals surface area contributed by atoms with Crippen LogP contribution in [0.3, 0.4) is 0 Å². The van der Waals surface area contributed by atoms with E-state index in [-0.39, 0.29) is 0 Å². The lowest BCUT2D eigenvalue weighted by Crippen LogP contribution is -1.98. The van der Waals surface area contributed by atoms with Crippen molar-refractivity contribution in [1.29, 1.82) is 0 Å². The SMILES string of the molecule is C=Cc1c(-c2c(C)n(-c3cc(-c4ccccc4)c4ccccc4c3)c3ccccc23)ccc2cc3c(cc12)c1ccccc1n3-c1ccccc1. The van der Waals surface area contributed by atoms with Crippen LogP contribution in [0.2, 0.25) is 0 Å². The Morgan fingerprint density at radius 1 is 0.431 bits per heavy atom. The Kier molecular flexibility index (Phi) is 6.59. The second-order valence-electron chi connectivity index (χ2n) is 13.4. The molecule has 0 saturated heterocycles. The molecule has 8 aromatic carbocycles. The molecule has 240 valence electrons. The van der Waals surface area contributed by atoms with Crippen molar-refractivity contribution >= 4 is 60.3 Å². The highest BCUT2D eigenvalue weighted by atomic mass is 15.0. The van der Waals surface area contributed by atoms with Gasteiger partial charge in [0, 0.05) is 38.8 Å². The second-order valence-corrected chi connectivity index (χ2v) is 13.4. The third kappa shape index (κ3) is 4.43. The minimum absolute atomic E-state index is 1.15. The van der Waals surface area contributed by atoms with E-state index in [0.717, 1.165) is 16.9 Å². The van der Waals surface area contributed by atoms with Gasteiger partial charge in [-0.1, -0.05) is 134 Å². The number of hydrogen-bond donors (Lipinski definition) is 0. The fraction of sp³-hybridized carbons (Fsp3) is 0.0204. The molecule has 51 heavy (non-hydrogen) atoms. The molecule has 0 N–H and O–H groups in total. The summed E-state index contributed by atoms with van der Waals surface area (Å²) in [6.45, 7) is 6.67. The summed E-state index contributed by atoms with van der Waals surface area (Å²) in [5.41, 5.74) is 13.2. The standard InChI is InChI=1S/C49H34N2/c1-3-38-41(27-26-35-29-48-45(31-44(35)38)40-22-12-14-24-46(40)51(48)36-19-8-5-9-20-36)49-32(2)50(47-25-15-13-23-42(47)49)37-28-34-18-10-11-21-39(34)43(30-37)33-16-6-4-7-17-33/h3-31H,1H2,2H3. The first-order valence-electron chi connectivity index (χ1n) is 17.6. The van der Waals surface area contributed by atoms with E-state index in [2.05, 4.69) is 199 Å². The van der Waals surface area contributed by atoms with Gasteiger partial charge in [-0.3, -0.25) is 0 Å². The van der Waals surface area contributed by atoms with Gasteiger partial charge in [0.1, 0.15) is 0 Å². The van der Waals surface area contributed by atoms with Gasteiger partial charge in [0.25, 0.3) is 0 Å². The van der Waals surface area contributed by atoms with Crippen molar-refractivity contribution in [3.8, 4) is 33.6 Å². The minimum atomic E-state index is 1.15. The lowest BCUT2D eigenvalue weighted by atomic mass is 9.91. The largest absolute Gasteiger partial charge is 0.313 e. The van der Waals surface area contributed by atoms with Crippen LogP contribution in [0.25, 0.3) is 94.0 Å². The smallest absolute Gasteiger partial charge is 0.0547 e. The first kappa shape index (κ1) is 29.3. The average molecular weight is 651 g/mol. The normalized spacial score (nSPS) is 11.7. The van der Waals surface area contributed by atoms with Crippen LogP contribution in [0.4, 0.5) is 0 Å². The predicted octanol–water partition coefficient (Wildman–Crippen LogP) is 13.3. The highest BCUT2D eigenvalue weighted by Gasteiger charge is 2.21. The highest BCUT2D eigenvalue weighted by Crippen LogP contribution is 2.43. The molecule has 0 aliphatic rings. The van der Waals surface area contributed by atoms with Crippen LogP contribution in [0.1, 0.15) is 11.3 Å². The molecule has 0 saturated carbocycles. The molecule has 0 fully saturated rings. The molecule has 0 amide bonds. The van der Waals surface area contributed by atoms with Crippen molar-refractivity contribution < 1.29 is 0 Å². The van der Waals surface area contributed by atoms with Crippen molar-refractivity contribution in [2.75, 3.05) is 0 Å². The molecule has 10 rings (SSSR count). The molecular weight excluding hydrogens is 617 g/mol. The number of benzene rings is 8. The zero-order valence-electron chi connectivity index (χ0n) is 28.3. The van der Waals surface area contributed by atoms with Gasteiger partial charge in [-0.15, -0.1) is 0 Å². The summed E-state index contributed by atoms with van der Waals surface area (Å²) >= 11 is 0. The van der Waals surface area contributed by atoms with E-state index < -0.39 is 0 Å². The third-order valence-electron chi connectivity index (χ3n) is 10.6. The first-order valence-corrected chi connectivity index (χ1v) is 17.6. The zero-order valence-corrected chi connectivity index (χ0v) is 28.3. The molecule has 0 atom stereocenters. The molecule has 0 aliphatic carbocycles. The molecule has 0 aliphatic heterocycles. The predicted molar refractivity (Wildman–Crippen MR) is 218 cm³/mol. The van der Waals surface area contributed by atoms with Gasteiger partial charge in [0.05, 0.1) is 16.6 Å². The van der Waals surface area contributed by atoms with Gasteiger partial charge in [-0.05, 0) is 99.3 Å². The topological polar surface area (TPSA) is 9.86 Å². The third-order valence-corrected chi connectivity index (χ3v) is 10.6. The van der Waals surface area contributed by atoms with Gasteiger partial charge in [-0.2, -0.15) is 0 Å². The van der Waals surface area contributed by atoms with Crippen molar-refractivity contribution in [3.05, 3.63) is 188 Å². The lowest BCUT2D eigenvalue weighted by molar-refractivity contribution is 1.06. The van der Waals surface area contributed by atoms with E-state index in [1.807, 2.05) is 0 Å². The Hall–Kier alpha value is -6.64. The van der Waals surface area contributed by atoms with Crippen LogP contribution in [0, 0.1) is 6.92 Å². The second kappa shape index (κ2) is 11.5. The van der Waals surface area contributed by atoms with Crippen molar-refractivity contribution in [1.82, 2.24) is 9.13 Å². The Labute approximate surface area is 296 Å². The molecule has 0 bridgehead atoms. The van der Waals surface area contributed by atoms with Crippen LogP contribution in [-0.2, 0) is 0 Å². The fourth-order valence-corrected chi connectivity index (χ4v) is 8.42. The number of hydrogen-bond acceptors (Lipinski definition) is 0. The Balaban J connectivity index is 1.24. The van der Waals surface area contributed by atoms with Crippen LogP contribution in [-0.4, -0.2) is 9.13 Å². The first-order chi connectivity index (χ1) is 25.2. The summed E-state index contributed by atoms with van der Waals surface area (Å²) in [5, 5.41) is 8.61. The maximum atomic E-state index is 4.40. The average Bonchev–Trinajstić information content (AvgIpc) is 3.67. The Bertz CT molecular complexity index is 2980. The van der Waals surface area contributed by atoms with Crippen molar-refractivity contribution in [2.45, 2.75) is 6.92 Å². The summed E-state index contributed by atoms with van der Waals surface area (Å²) < 4.78 is 4.83. The van der Waals surface area contributed by atoms with Gasteiger partial charge < -0.3 is 9.13 Å². The summed E-state index contributed by atoms with van der Waals surface area (Å²) in [7, 11) is 0. The molecule has 2 nitrogen and oxygen atoms in total. The number of para-hydroxylation sites is 3. The van der Waals surface area contributed by atoms with Crippen molar-refractivity contribution in [3.63, 3.8) is 0 Å². The van der Waals surface area contributed by atoms with Crippen LogP contribution in [0.15, 0.2) is 176 Å². The van der Waals surface area contributed by atoms with E-state index in [4.69, 9.17) is 0 Å². The van der Waals surface area contributed by atoms with E-state index in [0.29, 0.717) is 0 Å². The highest BCUT2D eigenvalue weighted by molar-refractivity contribution is 6.16. The number of nitrogens with zero attached hydrogens (tertiary/aromatic N) is 2. The molecule has 0 unspecified atom stereocenters. The summed E-state index contributed by atoms with van der Waals surface area (Å²) in [5.74, 6) is 0. The van der Waals surface area contributed by atoms with Crippen molar-refractivity contribution in [2.24, 2.45) is 0 Å². The molecule has 0 spiro atoms. The zero-order chi connectivity index (χ0) is 34.1. The van der Waals surface area contributed by atoms with E-state index in [1.54, 1.807) is 0 Å². The van der Waals surface area contributed by atoms with Crippen LogP contribution < -0.4 is 0 Å². The lowest BCUT2D eigenvalue weighted by Gasteiger charge is -2.15. The maximum absolute atomic E-state index is 4.40. The van der Waals surface area contributed by atoms with Crippen LogP contribution in [0.5, 0.6) is 0 Å². The minimum Gasteiger partial charge on any atom is -0.313 e. The number of aromatic nitrogens is 2. The molecular formula is C49H34N2. The maximum Gasteiger partial charge on any atom is 0.0547 e. The molecule has 0 radical (unpaired) electrons. The fourth-order valence-electron chi connectivity index (χ4n) is 8.42. The summed E-state index contributed by atoms with van der Waals surface area (Å²) in [6, 6.07) is 61.7. The van der Waals surface area contributed by atoms with Gasteiger partial charge in [0.15, 0.2) is 0 Å². The molecule has 2 heteroatoms. The van der Waals surface area contributed by atoms with Gasteiger partial charge >= 0.3 is 0 Å². The molecule has 10 aromatic rings. The quantitative estimate of drug-likeness (QED) is 0.175.